The third kappa shape index (κ3) is 2.85. The van der Waals surface area contributed by atoms with Crippen LogP contribution in [0.5, 0.6) is 0 Å². The van der Waals surface area contributed by atoms with Crippen LogP contribution in [0, 0.1) is 5.92 Å². The van der Waals surface area contributed by atoms with Crippen molar-refractivity contribution >= 4 is 16.0 Å². The van der Waals surface area contributed by atoms with E-state index in [0.29, 0.717) is 12.1 Å². The van der Waals surface area contributed by atoms with Crippen LogP contribution in [0.3, 0.4) is 0 Å². The molecule has 132 valence electrons. The lowest BCUT2D eigenvalue weighted by Gasteiger charge is -2.27. The van der Waals surface area contributed by atoms with E-state index in [9.17, 15) is 13.2 Å². The molecule has 7 nitrogen and oxygen atoms in total. The standard InChI is InChI=1S/C17H19N3O4S/c1-19(9-12-2-5-16-18-6-7-20(16)10-12)25(22,23)14-4-3-13-11-24-17(21)15(13)8-14/h3-4,6-8,12H,2,5,9-11H2,1H3/t12-/m0/s1. The lowest BCUT2D eigenvalue weighted by atomic mass is 10.00. The second kappa shape index (κ2) is 5.96. The number of rotatable bonds is 4. The SMILES string of the molecule is CN(C[C@@H]1CCc2nccn2C1)S(=O)(=O)c1ccc2c(c1)C(=O)OC2. The summed E-state index contributed by atoms with van der Waals surface area (Å²) >= 11 is 0. The molecule has 25 heavy (non-hydrogen) atoms. The maximum absolute atomic E-state index is 12.9. The molecule has 1 atom stereocenters. The fraction of sp³-hybridized carbons (Fsp3) is 0.412. The number of aryl methyl sites for hydroxylation is 1. The van der Waals surface area contributed by atoms with Crippen molar-refractivity contribution in [2.24, 2.45) is 5.92 Å². The fourth-order valence-electron chi connectivity index (χ4n) is 3.48. The summed E-state index contributed by atoms with van der Waals surface area (Å²) < 4.78 is 34.1. The molecule has 4 rings (SSSR count). The largest absolute Gasteiger partial charge is 0.457 e. The van der Waals surface area contributed by atoms with Crippen LogP contribution in [0.15, 0.2) is 35.5 Å². The van der Waals surface area contributed by atoms with E-state index in [1.807, 2.05) is 6.20 Å². The van der Waals surface area contributed by atoms with Gasteiger partial charge in [-0.25, -0.2) is 22.5 Å². The predicted octanol–water partition coefficient (Wildman–Crippen LogP) is 1.44. The Hall–Kier alpha value is -2.19. The maximum Gasteiger partial charge on any atom is 0.338 e. The first-order valence-corrected chi connectivity index (χ1v) is 9.65. The molecular weight excluding hydrogens is 342 g/mol. The highest BCUT2D eigenvalue weighted by Gasteiger charge is 2.29. The second-order valence-corrected chi connectivity index (χ2v) is 8.63. The minimum absolute atomic E-state index is 0.131. The van der Waals surface area contributed by atoms with Gasteiger partial charge >= 0.3 is 5.97 Å². The lowest BCUT2D eigenvalue weighted by Crippen LogP contribution is -2.35. The van der Waals surface area contributed by atoms with Gasteiger partial charge in [0.25, 0.3) is 0 Å². The third-order valence-electron chi connectivity index (χ3n) is 4.92. The Morgan fingerprint density at radius 1 is 1.40 bits per heavy atom. The second-order valence-electron chi connectivity index (χ2n) is 6.58. The van der Waals surface area contributed by atoms with E-state index in [2.05, 4.69) is 9.55 Å². The van der Waals surface area contributed by atoms with Crippen molar-refractivity contribution in [3.05, 3.63) is 47.5 Å². The Labute approximate surface area is 146 Å². The molecule has 0 bridgehead atoms. The fourth-order valence-corrected chi connectivity index (χ4v) is 4.75. The summed E-state index contributed by atoms with van der Waals surface area (Å²) in [6.45, 7) is 1.41. The summed E-state index contributed by atoms with van der Waals surface area (Å²) in [5.74, 6) is 0.828. The number of imidazole rings is 1. The van der Waals surface area contributed by atoms with Crippen molar-refractivity contribution in [3.8, 4) is 0 Å². The molecule has 0 fully saturated rings. The number of hydrogen-bond acceptors (Lipinski definition) is 5. The molecule has 0 N–H and O–H groups in total. The quantitative estimate of drug-likeness (QED) is 0.770. The molecule has 0 spiro atoms. The van der Waals surface area contributed by atoms with E-state index >= 15 is 0 Å². The first kappa shape index (κ1) is 16.3. The highest BCUT2D eigenvalue weighted by molar-refractivity contribution is 7.89. The van der Waals surface area contributed by atoms with E-state index < -0.39 is 16.0 Å². The zero-order valence-corrected chi connectivity index (χ0v) is 14.7. The molecule has 0 aliphatic carbocycles. The molecule has 2 aliphatic heterocycles. The molecule has 1 aromatic carbocycles. The zero-order chi connectivity index (χ0) is 17.6. The maximum atomic E-state index is 12.9. The van der Waals surface area contributed by atoms with Gasteiger partial charge < -0.3 is 9.30 Å². The number of sulfonamides is 1. The van der Waals surface area contributed by atoms with Crippen molar-refractivity contribution in [2.45, 2.75) is 30.9 Å². The van der Waals surface area contributed by atoms with Crippen LogP contribution in [-0.2, 0) is 34.3 Å². The minimum Gasteiger partial charge on any atom is -0.457 e. The molecule has 8 heteroatoms. The molecular formula is C17H19N3O4S. The van der Waals surface area contributed by atoms with Crippen LogP contribution >= 0.6 is 0 Å². The van der Waals surface area contributed by atoms with Crippen molar-refractivity contribution in [1.29, 1.82) is 0 Å². The molecule has 3 heterocycles. The normalized spacial score (nSPS) is 19.6. The zero-order valence-electron chi connectivity index (χ0n) is 13.9. The van der Waals surface area contributed by atoms with Gasteiger partial charge in [0, 0.05) is 44.5 Å². The number of ether oxygens (including phenoxy) is 1. The average molecular weight is 361 g/mol. The lowest BCUT2D eigenvalue weighted by molar-refractivity contribution is 0.0535. The number of esters is 1. The molecule has 0 saturated carbocycles. The number of carbonyl (C=O) groups excluding carboxylic acids is 1. The number of nitrogens with zero attached hydrogens (tertiary/aromatic N) is 3. The molecule has 0 amide bonds. The highest BCUT2D eigenvalue weighted by Crippen LogP contribution is 2.26. The van der Waals surface area contributed by atoms with Gasteiger partial charge in [0.2, 0.25) is 10.0 Å². The highest BCUT2D eigenvalue weighted by atomic mass is 32.2. The van der Waals surface area contributed by atoms with Gasteiger partial charge in [-0.2, -0.15) is 0 Å². The molecule has 0 radical (unpaired) electrons. The predicted molar refractivity (Wildman–Crippen MR) is 89.4 cm³/mol. The van der Waals surface area contributed by atoms with Gasteiger partial charge in [0.05, 0.1) is 10.5 Å². The van der Waals surface area contributed by atoms with E-state index in [4.69, 9.17) is 4.74 Å². The monoisotopic (exact) mass is 361 g/mol. The van der Waals surface area contributed by atoms with Crippen LogP contribution in [-0.4, -0.2) is 41.8 Å². The number of benzene rings is 1. The Morgan fingerprint density at radius 3 is 3.08 bits per heavy atom. The summed E-state index contributed by atoms with van der Waals surface area (Å²) in [7, 11) is -2.06. The number of carbonyl (C=O) groups is 1. The average Bonchev–Trinajstić information content (AvgIpc) is 3.21. The first-order chi connectivity index (χ1) is 11.9. The summed E-state index contributed by atoms with van der Waals surface area (Å²) in [4.78, 5) is 16.1. The van der Waals surface area contributed by atoms with Gasteiger partial charge in [-0.3, -0.25) is 0 Å². The smallest absolute Gasteiger partial charge is 0.338 e. The van der Waals surface area contributed by atoms with Crippen molar-refractivity contribution in [2.75, 3.05) is 13.6 Å². The molecule has 1 aromatic heterocycles. The number of cyclic esters (lactones) is 1. The summed E-state index contributed by atoms with van der Waals surface area (Å²) in [6, 6.07) is 4.62. The van der Waals surface area contributed by atoms with Gasteiger partial charge in [0.1, 0.15) is 12.4 Å². The van der Waals surface area contributed by atoms with Gasteiger partial charge in [0.15, 0.2) is 0 Å². The number of fused-ring (bicyclic) bond motifs is 2. The first-order valence-electron chi connectivity index (χ1n) is 8.21. The number of aromatic nitrogens is 2. The van der Waals surface area contributed by atoms with Crippen LogP contribution < -0.4 is 0 Å². The molecule has 2 aromatic rings. The van der Waals surface area contributed by atoms with Crippen LogP contribution in [0.2, 0.25) is 0 Å². The molecule has 0 unspecified atom stereocenters. The summed E-state index contributed by atoms with van der Waals surface area (Å²) in [5.41, 5.74) is 1.07. The number of hydrogen-bond donors (Lipinski definition) is 0. The van der Waals surface area contributed by atoms with Gasteiger partial charge in [-0.05, 0) is 24.5 Å². The van der Waals surface area contributed by atoms with Gasteiger partial charge in [-0.15, -0.1) is 0 Å². The van der Waals surface area contributed by atoms with E-state index in [0.717, 1.165) is 30.8 Å². The molecule has 0 saturated heterocycles. The van der Waals surface area contributed by atoms with Crippen molar-refractivity contribution in [3.63, 3.8) is 0 Å². The van der Waals surface area contributed by atoms with E-state index in [1.165, 1.54) is 10.4 Å². The Balaban J connectivity index is 1.52. The van der Waals surface area contributed by atoms with Crippen LogP contribution in [0.1, 0.15) is 28.2 Å². The van der Waals surface area contributed by atoms with Crippen LogP contribution in [0.4, 0.5) is 0 Å². The van der Waals surface area contributed by atoms with E-state index in [1.54, 1.807) is 25.4 Å². The van der Waals surface area contributed by atoms with Gasteiger partial charge in [-0.1, -0.05) is 6.07 Å². The Kier molecular flexibility index (Phi) is 3.88. The van der Waals surface area contributed by atoms with Crippen molar-refractivity contribution < 1.29 is 17.9 Å². The Bertz CT molecular complexity index is 935. The van der Waals surface area contributed by atoms with E-state index in [-0.39, 0.29) is 17.4 Å². The summed E-state index contributed by atoms with van der Waals surface area (Å²) in [5, 5.41) is 0. The van der Waals surface area contributed by atoms with Crippen LogP contribution in [0.25, 0.3) is 0 Å². The molecule has 2 aliphatic rings. The minimum atomic E-state index is -3.65. The topological polar surface area (TPSA) is 81.5 Å². The third-order valence-corrected chi connectivity index (χ3v) is 6.74. The Morgan fingerprint density at radius 2 is 2.24 bits per heavy atom. The summed E-state index contributed by atoms with van der Waals surface area (Å²) in [6.07, 6.45) is 5.48. The van der Waals surface area contributed by atoms with Crippen molar-refractivity contribution in [1.82, 2.24) is 13.9 Å².